The first-order chi connectivity index (χ1) is 13.7. The van der Waals surface area contributed by atoms with Crippen molar-refractivity contribution in [2.75, 3.05) is 18.0 Å². The van der Waals surface area contributed by atoms with Crippen LogP contribution < -0.4 is 4.90 Å². The molecule has 1 aromatic heterocycles. The van der Waals surface area contributed by atoms with E-state index >= 15 is 0 Å². The molecule has 3 heterocycles. The first-order valence-electron chi connectivity index (χ1n) is 9.76. The van der Waals surface area contributed by atoms with E-state index in [4.69, 9.17) is 0 Å². The molecule has 0 fully saturated rings. The minimum atomic E-state index is -0.0197. The van der Waals surface area contributed by atoms with Gasteiger partial charge in [0.05, 0.1) is 0 Å². The number of rotatable bonds is 2. The lowest BCUT2D eigenvalue weighted by atomic mass is 10.00. The predicted octanol–water partition coefficient (Wildman–Crippen LogP) is 3.68. The van der Waals surface area contributed by atoms with Gasteiger partial charge in [0.2, 0.25) is 0 Å². The van der Waals surface area contributed by atoms with Gasteiger partial charge in [0.25, 0.3) is 5.91 Å². The lowest BCUT2D eigenvalue weighted by Crippen LogP contribution is -2.36. The average molecular weight is 370 g/mol. The molecule has 0 radical (unpaired) electrons. The highest BCUT2D eigenvalue weighted by Gasteiger charge is 2.26. The molecule has 28 heavy (non-hydrogen) atoms. The summed E-state index contributed by atoms with van der Waals surface area (Å²) < 4.78 is 0. The number of hydrogen-bond donors (Lipinski definition) is 0. The van der Waals surface area contributed by atoms with Gasteiger partial charge in [-0.05, 0) is 42.5 Å². The van der Waals surface area contributed by atoms with Crippen molar-refractivity contribution >= 4 is 17.4 Å². The monoisotopic (exact) mass is 370 g/mol. The summed E-state index contributed by atoms with van der Waals surface area (Å²) in [6.45, 7) is 4.09. The van der Waals surface area contributed by atoms with Gasteiger partial charge < -0.3 is 9.80 Å². The maximum Gasteiger partial charge on any atom is 0.272 e. The van der Waals surface area contributed by atoms with Crippen LogP contribution in [-0.4, -0.2) is 33.9 Å². The molecule has 0 N–H and O–H groups in total. The highest BCUT2D eigenvalue weighted by Crippen LogP contribution is 2.33. The molecule has 0 unspecified atom stereocenters. The van der Waals surface area contributed by atoms with E-state index in [2.05, 4.69) is 51.3 Å². The summed E-state index contributed by atoms with van der Waals surface area (Å²) in [4.78, 5) is 26.4. The molecule has 0 saturated heterocycles. The number of hydrogen-bond acceptors (Lipinski definition) is 4. The number of para-hydroxylation sites is 1. The van der Waals surface area contributed by atoms with Gasteiger partial charge in [0, 0.05) is 31.4 Å². The average Bonchev–Trinajstić information content (AvgIpc) is 3.16. The molecular formula is C23H22N4O. The zero-order chi connectivity index (χ0) is 19.1. The SMILES string of the molecule is Cc1nc(C(=O)N2CCc3ccccc3C2)cc(N2CCc3ccccc32)n1. The molecule has 3 aromatic rings. The van der Waals surface area contributed by atoms with E-state index in [-0.39, 0.29) is 5.91 Å². The number of aromatic nitrogens is 2. The Labute approximate surface area is 164 Å². The predicted molar refractivity (Wildman–Crippen MR) is 109 cm³/mol. The molecule has 140 valence electrons. The van der Waals surface area contributed by atoms with Crippen LogP contribution in [0.4, 0.5) is 11.5 Å². The summed E-state index contributed by atoms with van der Waals surface area (Å²) in [6, 6.07) is 18.6. The van der Waals surface area contributed by atoms with Crippen LogP contribution in [0.25, 0.3) is 0 Å². The molecule has 1 amide bonds. The Morgan fingerprint density at radius 1 is 0.893 bits per heavy atom. The highest BCUT2D eigenvalue weighted by molar-refractivity contribution is 5.93. The summed E-state index contributed by atoms with van der Waals surface area (Å²) >= 11 is 0. The summed E-state index contributed by atoms with van der Waals surface area (Å²) in [5, 5.41) is 0. The summed E-state index contributed by atoms with van der Waals surface area (Å²) in [5.74, 6) is 1.41. The molecule has 0 aliphatic carbocycles. The number of carbonyl (C=O) groups is 1. The van der Waals surface area contributed by atoms with Crippen molar-refractivity contribution in [3.63, 3.8) is 0 Å². The quantitative estimate of drug-likeness (QED) is 0.691. The second-order valence-electron chi connectivity index (χ2n) is 7.43. The summed E-state index contributed by atoms with van der Waals surface area (Å²) in [7, 11) is 0. The Bertz CT molecular complexity index is 1060. The first kappa shape index (κ1) is 16.9. The molecule has 2 aromatic carbocycles. The van der Waals surface area contributed by atoms with Crippen LogP contribution in [0.2, 0.25) is 0 Å². The standard InChI is InChI=1S/C23H22N4O/c1-16-24-20(23(28)26-12-10-17-6-2-3-8-19(17)15-26)14-22(25-16)27-13-11-18-7-4-5-9-21(18)27/h2-9,14H,10-13,15H2,1H3. The fraction of sp³-hybridized carbons (Fsp3) is 0.261. The number of amides is 1. The fourth-order valence-electron chi connectivity index (χ4n) is 4.21. The molecule has 5 rings (SSSR count). The Morgan fingerprint density at radius 2 is 1.61 bits per heavy atom. The Hall–Kier alpha value is -3.21. The van der Waals surface area contributed by atoms with Crippen LogP contribution >= 0.6 is 0 Å². The van der Waals surface area contributed by atoms with Crippen LogP contribution in [-0.2, 0) is 19.4 Å². The van der Waals surface area contributed by atoms with E-state index in [0.29, 0.717) is 18.1 Å². The molecular weight excluding hydrogens is 348 g/mol. The van der Waals surface area contributed by atoms with Crippen molar-refractivity contribution in [1.82, 2.24) is 14.9 Å². The number of benzene rings is 2. The van der Waals surface area contributed by atoms with Crippen molar-refractivity contribution in [2.45, 2.75) is 26.3 Å². The lowest BCUT2D eigenvalue weighted by molar-refractivity contribution is 0.0728. The number of carbonyl (C=O) groups excluding carboxylic acids is 1. The second-order valence-corrected chi connectivity index (χ2v) is 7.43. The molecule has 0 bridgehead atoms. The number of aryl methyl sites for hydroxylation is 1. The maximum atomic E-state index is 13.2. The maximum absolute atomic E-state index is 13.2. The van der Waals surface area contributed by atoms with Gasteiger partial charge in [-0.1, -0.05) is 42.5 Å². The van der Waals surface area contributed by atoms with E-state index < -0.39 is 0 Å². The zero-order valence-electron chi connectivity index (χ0n) is 15.9. The first-order valence-corrected chi connectivity index (χ1v) is 9.76. The smallest absolute Gasteiger partial charge is 0.272 e. The van der Waals surface area contributed by atoms with Crippen molar-refractivity contribution in [3.05, 3.63) is 82.8 Å². The fourth-order valence-corrected chi connectivity index (χ4v) is 4.21. The van der Waals surface area contributed by atoms with Gasteiger partial charge in [-0.25, -0.2) is 9.97 Å². The largest absolute Gasteiger partial charge is 0.333 e. The van der Waals surface area contributed by atoms with Crippen molar-refractivity contribution in [2.24, 2.45) is 0 Å². The molecule has 2 aliphatic rings. The molecule has 0 spiro atoms. The Kier molecular flexibility index (Phi) is 4.08. The van der Waals surface area contributed by atoms with Gasteiger partial charge in [-0.15, -0.1) is 0 Å². The molecule has 0 atom stereocenters. The van der Waals surface area contributed by atoms with E-state index in [1.165, 1.54) is 22.4 Å². The third-order valence-corrected chi connectivity index (χ3v) is 5.63. The number of fused-ring (bicyclic) bond motifs is 2. The van der Waals surface area contributed by atoms with Crippen LogP contribution in [0.5, 0.6) is 0 Å². The second kappa shape index (κ2) is 6.75. The van der Waals surface area contributed by atoms with E-state index in [1.54, 1.807) is 0 Å². The van der Waals surface area contributed by atoms with Gasteiger partial charge in [-0.3, -0.25) is 4.79 Å². The van der Waals surface area contributed by atoms with Crippen molar-refractivity contribution in [1.29, 1.82) is 0 Å². The number of nitrogens with zero attached hydrogens (tertiary/aromatic N) is 4. The lowest BCUT2D eigenvalue weighted by Gasteiger charge is -2.29. The van der Waals surface area contributed by atoms with E-state index in [1.807, 2.05) is 30.0 Å². The molecule has 5 nitrogen and oxygen atoms in total. The van der Waals surface area contributed by atoms with Gasteiger partial charge in [0.15, 0.2) is 0 Å². The highest BCUT2D eigenvalue weighted by atomic mass is 16.2. The molecule has 0 saturated carbocycles. The van der Waals surface area contributed by atoms with Crippen molar-refractivity contribution < 1.29 is 4.79 Å². The third kappa shape index (κ3) is 2.93. The minimum absolute atomic E-state index is 0.0197. The van der Waals surface area contributed by atoms with E-state index in [9.17, 15) is 4.79 Å². The van der Waals surface area contributed by atoms with Gasteiger partial charge in [-0.2, -0.15) is 0 Å². The van der Waals surface area contributed by atoms with Gasteiger partial charge >= 0.3 is 0 Å². The zero-order valence-corrected chi connectivity index (χ0v) is 15.9. The summed E-state index contributed by atoms with van der Waals surface area (Å²) in [6.07, 6.45) is 1.88. The Morgan fingerprint density at radius 3 is 2.46 bits per heavy atom. The van der Waals surface area contributed by atoms with Crippen molar-refractivity contribution in [3.8, 4) is 0 Å². The number of anilines is 2. The molecule has 5 heteroatoms. The third-order valence-electron chi connectivity index (χ3n) is 5.63. The normalized spacial score (nSPS) is 15.3. The van der Waals surface area contributed by atoms with Gasteiger partial charge in [0.1, 0.15) is 17.3 Å². The summed E-state index contributed by atoms with van der Waals surface area (Å²) in [5.41, 5.74) is 5.53. The van der Waals surface area contributed by atoms with Crippen LogP contribution in [0, 0.1) is 6.92 Å². The topological polar surface area (TPSA) is 49.3 Å². The van der Waals surface area contributed by atoms with E-state index in [0.717, 1.165) is 31.7 Å². The Balaban J connectivity index is 1.45. The van der Waals surface area contributed by atoms with Crippen LogP contribution in [0.1, 0.15) is 33.0 Å². The minimum Gasteiger partial charge on any atom is -0.333 e. The van der Waals surface area contributed by atoms with Crippen LogP contribution in [0.3, 0.4) is 0 Å². The molecule has 2 aliphatic heterocycles. The van der Waals surface area contributed by atoms with Crippen LogP contribution in [0.15, 0.2) is 54.6 Å².